The summed E-state index contributed by atoms with van der Waals surface area (Å²) in [6, 6.07) is 4.59. The Bertz CT molecular complexity index is 805. The summed E-state index contributed by atoms with van der Waals surface area (Å²) in [5.74, 6) is -0.490. The molecule has 30 heavy (non-hydrogen) atoms. The molecule has 1 aromatic carbocycles. The number of ether oxygens (including phenoxy) is 3. The molecule has 2 atom stereocenters. The fraction of sp³-hybridized carbons (Fsp3) is 0.571. The molecule has 1 N–H and O–H groups in total. The quantitative estimate of drug-likeness (QED) is 0.545. The van der Waals surface area contributed by atoms with Crippen LogP contribution in [-0.4, -0.2) is 81.2 Å². The predicted octanol–water partition coefficient (Wildman–Crippen LogP) is 1.05. The molecule has 0 radical (unpaired) electrons. The number of piperazine rings is 1. The molecular weight excluding hydrogens is 388 g/mol. The van der Waals surface area contributed by atoms with Gasteiger partial charge >= 0.3 is 5.97 Å². The van der Waals surface area contributed by atoms with Crippen molar-refractivity contribution < 1.29 is 23.8 Å². The van der Waals surface area contributed by atoms with Gasteiger partial charge in [0.05, 0.1) is 20.8 Å². The Morgan fingerprint density at radius 2 is 1.83 bits per heavy atom. The molecule has 2 aliphatic heterocycles. The Balaban J connectivity index is 1.96. The molecule has 0 aromatic heterocycles. The summed E-state index contributed by atoms with van der Waals surface area (Å²) in [6.45, 7) is 8.34. The highest BCUT2D eigenvalue weighted by Crippen LogP contribution is 2.36. The summed E-state index contributed by atoms with van der Waals surface area (Å²) in [5.41, 5.74) is 0.685. The SMILES string of the molecule is CCOC(=O)[C@H]1C(=O)NC(N2CCN(CC)CC2)=N[C@@H]1c1ccc(OC)c(OC)c1. The third kappa shape index (κ3) is 4.51. The maximum absolute atomic E-state index is 13.0. The highest BCUT2D eigenvalue weighted by molar-refractivity contribution is 6.08. The molecule has 0 bridgehead atoms. The molecule has 9 nitrogen and oxygen atoms in total. The third-order valence-corrected chi connectivity index (χ3v) is 5.50. The van der Waals surface area contributed by atoms with Gasteiger partial charge in [0.2, 0.25) is 11.9 Å². The molecule has 1 aromatic rings. The van der Waals surface area contributed by atoms with Crippen molar-refractivity contribution in [2.75, 3.05) is 53.6 Å². The van der Waals surface area contributed by atoms with E-state index in [1.54, 1.807) is 39.3 Å². The number of likely N-dealkylation sites (N-methyl/N-ethyl adjacent to an activating group) is 1. The summed E-state index contributed by atoms with van der Waals surface area (Å²) < 4.78 is 15.9. The Labute approximate surface area is 177 Å². The number of carbonyl (C=O) groups excluding carboxylic acids is 2. The number of benzene rings is 1. The molecule has 0 aliphatic carbocycles. The van der Waals surface area contributed by atoms with E-state index in [0.29, 0.717) is 23.0 Å². The topological polar surface area (TPSA) is 92.7 Å². The lowest BCUT2D eigenvalue weighted by Gasteiger charge is -2.38. The highest BCUT2D eigenvalue weighted by atomic mass is 16.5. The van der Waals surface area contributed by atoms with E-state index in [-0.39, 0.29) is 6.61 Å². The summed E-state index contributed by atoms with van der Waals surface area (Å²) >= 11 is 0. The molecule has 1 saturated heterocycles. The number of guanidine groups is 1. The molecular formula is C21H30N4O5. The van der Waals surface area contributed by atoms with Gasteiger partial charge in [0.1, 0.15) is 6.04 Å². The van der Waals surface area contributed by atoms with Crippen molar-refractivity contribution in [3.8, 4) is 11.5 Å². The second-order valence-electron chi connectivity index (χ2n) is 7.15. The van der Waals surface area contributed by atoms with Crippen LogP contribution in [0.15, 0.2) is 23.2 Å². The van der Waals surface area contributed by atoms with Crippen LogP contribution in [0.4, 0.5) is 0 Å². The fourth-order valence-corrected chi connectivity index (χ4v) is 3.78. The van der Waals surface area contributed by atoms with Gasteiger partial charge < -0.3 is 24.0 Å². The van der Waals surface area contributed by atoms with Crippen LogP contribution in [0.2, 0.25) is 0 Å². The lowest BCUT2D eigenvalue weighted by Crippen LogP contribution is -2.57. The van der Waals surface area contributed by atoms with Crippen LogP contribution in [0.1, 0.15) is 25.5 Å². The highest BCUT2D eigenvalue weighted by Gasteiger charge is 2.42. The van der Waals surface area contributed by atoms with Crippen molar-refractivity contribution in [2.45, 2.75) is 19.9 Å². The predicted molar refractivity (Wildman–Crippen MR) is 112 cm³/mol. The van der Waals surface area contributed by atoms with Crippen molar-refractivity contribution in [2.24, 2.45) is 10.9 Å². The molecule has 3 rings (SSSR count). The zero-order chi connectivity index (χ0) is 21.7. The van der Waals surface area contributed by atoms with Gasteiger partial charge in [-0.3, -0.25) is 14.9 Å². The molecule has 1 amide bonds. The van der Waals surface area contributed by atoms with Gasteiger partial charge in [-0.05, 0) is 31.2 Å². The van der Waals surface area contributed by atoms with Crippen LogP contribution in [0.3, 0.4) is 0 Å². The Kier molecular flexibility index (Phi) is 7.15. The minimum Gasteiger partial charge on any atom is -0.493 e. The van der Waals surface area contributed by atoms with Crippen LogP contribution in [-0.2, 0) is 14.3 Å². The van der Waals surface area contributed by atoms with Gasteiger partial charge in [0, 0.05) is 26.2 Å². The minimum absolute atomic E-state index is 0.191. The minimum atomic E-state index is -1.07. The van der Waals surface area contributed by atoms with Crippen molar-refractivity contribution in [3.63, 3.8) is 0 Å². The van der Waals surface area contributed by atoms with Gasteiger partial charge in [-0.25, -0.2) is 4.99 Å². The van der Waals surface area contributed by atoms with E-state index in [9.17, 15) is 9.59 Å². The number of nitrogens with zero attached hydrogens (tertiary/aromatic N) is 3. The van der Waals surface area contributed by atoms with Gasteiger partial charge in [-0.15, -0.1) is 0 Å². The maximum Gasteiger partial charge on any atom is 0.321 e. The Morgan fingerprint density at radius 3 is 2.43 bits per heavy atom. The smallest absolute Gasteiger partial charge is 0.321 e. The van der Waals surface area contributed by atoms with E-state index in [2.05, 4.69) is 22.0 Å². The second-order valence-corrected chi connectivity index (χ2v) is 7.15. The first-order chi connectivity index (χ1) is 14.5. The van der Waals surface area contributed by atoms with Crippen LogP contribution in [0, 0.1) is 5.92 Å². The van der Waals surface area contributed by atoms with Gasteiger partial charge in [-0.2, -0.15) is 0 Å². The number of aliphatic imine (C=N–C) groups is 1. The number of methoxy groups -OCH3 is 2. The molecule has 0 saturated carbocycles. The fourth-order valence-electron chi connectivity index (χ4n) is 3.78. The number of nitrogens with one attached hydrogen (secondary N) is 1. The lowest BCUT2D eigenvalue weighted by molar-refractivity contribution is -0.153. The number of esters is 1. The standard InChI is InChI=1S/C21H30N4O5/c1-5-24-9-11-25(12-10-24)21-22-18(17(19(26)23-21)20(27)30-6-2)14-7-8-15(28-3)16(13-14)29-4/h7-8,13,17-18H,5-6,9-12H2,1-4H3,(H,22,23,26)/t17-,18-/m1/s1. The monoisotopic (exact) mass is 418 g/mol. The molecule has 2 aliphatic rings. The molecule has 2 heterocycles. The Hall–Kier alpha value is -2.81. The van der Waals surface area contributed by atoms with E-state index < -0.39 is 23.8 Å². The first kappa shape index (κ1) is 21.9. The van der Waals surface area contributed by atoms with Crippen molar-refractivity contribution in [1.82, 2.24) is 15.1 Å². The number of hydrogen-bond acceptors (Lipinski definition) is 8. The van der Waals surface area contributed by atoms with Gasteiger partial charge in [-0.1, -0.05) is 13.0 Å². The molecule has 0 spiro atoms. The first-order valence-electron chi connectivity index (χ1n) is 10.3. The normalized spacial score (nSPS) is 22.2. The number of amides is 1. The molecule has 164 valence electrons. The molecule has 1 fully saturated rings. The average Bonchev–Trinajstić information content (AvgIpc) is 2.78. The van der Waals surface area contributed by atoms with E-state index >= 15 is 0 Å². The van der Waals surface area contributed by atoms with Crippen LogP contribution in [0.5, 0.6) is 11.5 Å². The largest absolute Gasteiger partial charge is 0.493 e. The maximum atomic E-state index is 13.0. The average molecular weight is 418 g/mol. The van der Waals surface area contributed by atoms with Crippen LogP contribution < -0.4 is 14.8 Å². The molecule has 9 heteroatoms. The summed E-state index contributed by atoms with van der Waals surface area (Å²) in [7, 11) is 3.10. The van der Waals surface area contributed by atoms with Crippen LogP contribution in [0.25, 0.3) is 0 Å². The summed E-state index contributed by atoms with van der Waals surface area (Å²) in [5, 5.41) is 2.82. The number of hydrogen-bond donors (Lipinski definition) is 1. The lowest BCUT2D eigenvalue weighted by atomic mass is 9.91. The van der Waals surface area contributed by atoms with Crippen molar-refractivity contribution in [1.29, 1.82) is 0 Å². The van der Waals surface area contributed by atoms with Crippen molar-refractivity contribution in [3.05, 3.63) is 23.8 Å². The third-order valence-electron chi connectivity index (χ3n) is 5.50. The zero-order valence-electron chi connectivity index (χ0n) is 18.0. The second kappa shape index (κ2) is 9.80. The first-order valence-corrected chi connectivity index (χ1v) is 10.3. The summed E-state index contributed by atoms with van der Waals surface area (Å²) in [4.78, 5) is 34.8. The van der Waals surface area contributed by atoms with Gasteiger partial charge in [0.15, 0.2) is 17.4 Å². The van der Waals surface area contributed by atoms with Crippen molar-refractivity contribution >= 4 is 17.8 Å². The van der Waals surface area contributed by atoms with E-state index in [1.807, 2.05) is 0 Å². The number of rotatable bonds is 6. The number of carbonyl (C=O) groups is 2. The van der Waals surface area contributed by atoms with Gasteiger partial charge in [0.25, 0.3) is 0 Å². The van der Waals surface area contributed by atoms with E-state index in [4.69, 9.17) is 19.2 Å². The molecule has 0 unspecified atom stereocenters. The van der Waals surface area contributed by atoms with E-state index in [0.717, 1.165) is 32.7 Å². The zero-order valence-corrected chi connectivity index (χ0v) is 18.0. The Morgan fingerprint density at radius 1 is 1.13 bits per heavy atom. The summed E-state index contributed by atoms with van der Waals surface area (Å²) in [6.07, 6.45) is 0. The van der Waals surface area contributed by atoms with E-state index in [1.165, 1.54) is 0 Å². The van der Waals surface area contributed by atoms with Crippen LogP contribution >= 0.6 is 0 Å².